The quantitative estimate of drug-likeness (QED) is 0.592. The molecule has 2 aliphatic rings. The molecule has 0 radical (unpaired) electrons. The van der Waals surface area contributed by atoms with Gasteiger partial charge in [-0.3, -0.25) is 0 Å². The highest BCUT2D eigenvalue weighted by molar-refractivity contribution is 8.05. The number of rotatable bonds is 3. The molecule has 2 heterocycles. The molecule has 0 nitrogen and oxygen atoms in total. The zero-order valence-corrected chi connectivity index (χ0v) is 14.9. The van der Waals surface area contributed by atoms with E-state index in [1.165, 1.54) is 4.91 Å². The number of thioether (sulfide) groups is 2. The van der Waals surface area contributed by atoms with Gasteiger partial charge in [-0.2, -0.15) is 0 Å². The van der Waals surface area contributed by atoms with Crippen molar-refractivity contribution in [2.24, 2.45) is 16.7 Å². The second kappa shape index (κ2) is 6.19. The Morgan fingerprint density at radius 2 is 1.70 bits per heavy atom. The van der Waals surface area contributed by atoms with Gasteiger partial charge in [-0.1, -0.05) is 64.5 Å². The van der Waals surface area contributed by atoms with E-state index in [0.717, 1.165) is 12.2 Å². The molecule has 0 atom stereocenters. The van der Waals surface area contributed by atoms with E-state index in [9.17, 15) is 0 Å². The first-order chi connectivity index (χ1) is 9.29. The highest BCUT2D eigenvalue weighted by Crippen LogP contribution is 2.43. The van der Waals surface area contributed by atoms with Crippen molar-refractivity contribution >= 4 is 23.5 Å². The van der Waals surface area contributed by atoms with Gasteiger partial charge >= 0.3 is 0 Å². The van der Waals surface area contributed by atoms with Crippen LogP contribution in [0.2, 0.25) is 0 Å². The molecular weight excluding hydrogens is 280 g/mol. The molecule has 0 saturated heterocycles. The summed E-state index contributed by atoms with van der Waals surface area (Å²) in [6.07, 6.45) is 10.5. The van der Waals surface area contributed by atoms with Crippen molar-refractivity contribution in [2.75, 3.05) is 5.75 Å². The van der Waals surface area contributed by atoms with Crippen LogP contribution in [0.25, 0.3) is 0 Å². The summed E-state index contributed by atoms with van der Waals surface area (Å²) in [6, 6.07) is 0. The molecule has 0 aliphatic carbocycles. The number of hydrogen-bond acceptors (Lipinski definition) is 2. The summed E-state index contributed by atoms with van der Waals surface area (Å²) in [7, 11) is 0. The normalized spacial score (nSPS) is 20.9. The van der Waals surface area contributed by atoms with Crippen LogP contribution in [0.3, 0.4) is 0 Å². The Bertz CT molecular complexity index is 458. The van der Waals surface area contributed by atoms with Crippen molar-refractivity contribution in [2.45, 2.75) is 41.0 Å². The summed E-state index contributed by atoms with van der Waals surface area (Å²) in [5, 5.41) is 4.43. The van der Waals surface area contributed by atoms with Crippen LogP contribution in [0.1, 0.15) is 41.0 Å². The average molecular weight is 307 g/mol. The Labute approximate surface area is 132 Å². The largest absolute Gasteiger partial charge is 0.126 e. The minimum Gasteiger partial charge on any atom is -0.126 e. The van der Waals surface area contributed by atoms with Gasteiger partial charge in [-0.25, -0.2) is 0 Å². The van der Waals surface area contributed by atoms with Gasteiger partial charge in [0, 0.05) is 11.7 Å². The summed E-state index contributed by atoms with van der Waals surface area (Å²) in [4.78, 5) is 1.53. The third-order valence-electron chi connectivity index (χ3n) is 4.11. The van der Waals surface area contributed by atoms with Crippen LogP contribution < -0.4 is 0 Å². The van der Waals surface area contributed by atoms with Crippen molar-refractivity contribution in [3.8, 4) is 0 Å². The van der Waals surface area contributed by atoms with Crippen LogP contribution in [0.4, 0.5) is 0 Å². The molecule has 2 aliphatic heterocycles. The van der Waals surface area contributed by atoms with Crippen molar-refractivity contribution in [1.29, 1.82) is 0 Å². The molecule has 2 rings (SSSR count). The van der Waals surface area contributed by atoms with E-state index in [1.54, 1.807) is 17.3 Å². The monoisotopic (exact) mass is 306 g/mol. The zero-order chi connectivity index (χ0) is 14.8. The van der Waals surface area contributed by atoms with E-state index in [-0.39, 0.29) is 0 Å². The minimum atomic E-state index is 0.292. The fourth-order valence-corrected chi connectivity index (χ4v) is 4.61. The second-order valence-corrected chi connectivity index (χ2v) is 9.27. The summed E-state index contributed by atoms with van der Waals surface area (Å²) in [5.41, 5.74) is 2.15. The summed E-state index contributed by atoms with van der Waals surface area (Å²) in [5.74, 6) is 1.70. The predicted octanol–water partition coefficient (Wildman–Crippen LogP) is 6.40. The summed E-state index contributed by atoms with van der Waals surface area (Å²) >= 11 is 3.80. The van der Waals surface area contributed by atoms with Gasteiger partial charge < -0.3 is 0 Å². The third kappa shape index (κ3) is 4.08. The van der Waals surface area contributed by atoms with E-state index < -0.39 is 0 Å². The lowest BCUT2D eigenvalue weighted by atomic mass is 9.76. The molecule has 0 bridgehead atoms. The maximum Gasteiger partial charge on any atom is 0.0195 e. The van der Waals surface area contributed by atoms with E-state index in [1.807, 2.05) is 11.8 Å². The first kappa shape index (κ1) is 16.0. The van der Waals surface area contributed by atoms with Crippen molar-refractivity contribution < 1.29 is 0 Å². The van der Waals surface area contributed by atoms with E-state index >= 15 is 0 Å². The molecule has 20 heavy (non-hydrogen) atoms. The summed E-state index contributed by atoms with van der Waals surface area (Å²) in [6.45, 7) is 11.7. The molecule has 2 heteroatoms. The van der Waals surface area contributed by atoms with E-state index in [4.69, 9.17) is 0 Å². The van der Waals surface area contributed by atoms with Crippen molar-refractivity contribution in [3.63, 3.8) is 0 Å². The molecule has 110 valence electrons. The van der Waals surface area contributed by atoms with Gasteiger partial charge in [-0.15, -0.1) is 23.5 Å². The lowest BCUT2D eigenvalue weighted by Crippen LogP contribution is -2.22. The SMILES string of the molecule is CC(C)(C)C1=CC=C(CC(C)(C)C2C=CSC=C2)SC1. The summed E-state index contributed by atoms with van der Waals surface area (Å²) < 4.78 is 0. The van der Waals surface area contributed by atoms with Gasteiger partial charge in [-0.05, 0) is 33.0 Å². The molecule has 0 amide bonds. The van der Waals surface area contributed by atoms with E-state index in [2.05, 4.69) is 69.7 Å². The van der Waals surface area contributed by atoms with Crippen LogP contribution in [-0.4, -0.2) is 5.75 Å². The molecule has 0 fully saturated rings. The molecular formula is C18H26S2. The Hall–Kier alpha value is -0.340. The maximum absolute atomic E-state index is 2.38. The molecule has 0 unspecified atom stereocenters. The number of allylic oxidation sites excluding steroid dienone is 5. The first-order valence-corrected chi connectivity index (χ1v) is 9.24. The third-order valence-corrected chi connectivity index (χ3v) is 5.84. The van der Waals surface area contributed by atoms with Crippen LogP contribution >= 0.6 is 23.5 Å². The topological polar surface area (TPSA) is 0 Å². The molecule has 0 saturated carbocycles. The molecule has 0 spiro atoms. The average Bonchev–Trinajstić information content (AvgIpc) is 2.39. The number of hydrogen-bond donors (Lipinski definition) is 0. The van der Waals surface area contributed by atoms with Gasteiger partial charge in [0.15, 0.2) is 0 Å². The predicted molar refractivity (Wildman–Crippen MR) is 95.8 cm³/mol. The van der Waals surface area contributed by atoms with Crippen LogP contribution in [0, 0.1) is 16.7 Å². The lowest BCUT2D eigenvalue weighted by molar-refractivity contribution is 0.305. The van der Waals surface area contributed by atoms with E-state index in [0.29, 0.717) is 16.7 Å². The van der Waals surface area contributed by atoms with Gasteiger partial charge in [0.25, 0.3) is 0 Å². The molecule has 0 aromatic carbocycles. The Kier molecular flexibility index (Phi) is 4.96. The van der Waals surface area contributed by atoms with Gasteiger partial charge in [0.05, 0.1) is 0 Å². The van der Waals surface area contributed by atoms with Crippen molar-refractivity contribution in [3.05, 3.63) is 45.6 Å². The second-order valence-electron chi connectivity index (χ2n) is 7.35. The van der Waals surface area contributed by atoms with Crippen LogP contribution in [-0.2, 0) is 0 Å². The molecule has 0 N–H and O–H groups in total. The molecule has 0 aromatic rings. The van der Waals surface area contributed by atoms with Gasteiger partial charge in [0.2, 0.25) is 0 Å². The van der Waals surface area contributed by atoms with Crippen LogP contribution in [0.15, 0.2) is 45.6 Å². The highest BCUT2D eigenvalue weighted by Gasteiger charge is 2.29. The standard InChI is InChI=1S/C18H26S2/c1-17(2,3)15-6-7-16(20-13-15)12-18(4,5)14-8-10-19-11-9-14/h6-11,14H,12-13H2,1-5H3. The minimum absolute atomic E-state index is 0.292. The van der Waals surface area contributed by atoms with Crippen LogP contribution in [0.5, 0.6) is 0 Å². The Morgan fingerprint density at radius 3 is 2.20 bits per heavy atom. The van der Waals surface area contributed by atoms with Crippen molar-refractivity contribution in [1.82, 2.24) is 0 Å². The van der Waals surface area contributed by atoms with Gasteiger partial charge in [0.1, 0.15) is 0 Å². The first-order valence-electron chi connectivity index (χ1n) is 7.31. The Morgan fingerprint density at radius 1 is 1.05 bits per heavy atom. The smallest absolute Gasteiger partial charge is 0.0195 e. The fraction of sp³-hybridized carbons (Fsp3) is 0.556. The lowest BCUT2D eigenvalue weighted by Gasteiger charge is -2.33. The fourth-order valence-electron chi connectivity index (χ4n) is 2.49. The maximum atomic E-state index is 2.38. The molecule has 0 aromatic heterocycles. The zero-order valence-electron chi connectivity index (χ0n) is 13.3. The highest BCUT2D eigenvalue weighted by atomic mass is 32.2. The Balaban J connectivity index is 2.05.